The first-order valence-corrected chi connectivity index (χ1v) is 7.12. The van der Waals surface area contributed by atoms with E-state index in [9.17, 15) is 9.59 Å². The average Bonchev–Trinajstić information content (AvgIpc) is 2.52. The number of fused-ring (bicyclic) bond motifs is 1. The van der Waals surface area contributed by atoms with E-state index < -0.39 is 17.9 Å². The Bertz CT molecular complexity index is 667. The highest BCUT2D eigenvalue weighted by Gasteiger charge is 2.21. The highest BCUT2D eigenvalue weighted by Crippen LogP contribution is 2.15. The molecule has 0 fully saturated rings. The maximum Gasteiger partial charge on any atom is 0.257 e. The van der Waals surface area contributed by atoms with Crippen LogP contribution in [0.2, 0.25) is 0 Å². The minimum absolute atomic E-state index is 0.0365. The molecular weight excluding hydrogens is 264 g/mol. The van der Waals surface area contributed by atoms with Crippen LogP contribution in [-0.4, -0.2) is 17.9 Å². The Kier molecular flexibility index (Phi) is 4.70. The molecule has 2 aromatic carbocycles. The fourth-order valence-corrected chi connectivity index (χ4v) is 2.11. The third kappa shape index (κ3) is 3.47. The first kappa shape index (κ1) is 15.2. The van der Waals surface area contributed by atoms with Gasteiger partial charge in [-0.25, -0.2) is 0 Å². The molecule has 21 heavy (non-hydrogen) atoms. The second-order valence-electron chi connectivity index (χ2n) is 5.29. The maximum atomic E-state index is 12.1. The number of nitrogens with one attached hydrogen (secondary N) is 1. The highest BCUT2D eigenvalue weighted by atomic mass is 16.2. The molecule has 2 rings (SSSR count). The molecule has 0 saturated carbocycles. The van der Waals surface area contributed by atoms with Gasteiger partial charge >= 0.3 is 0 Å². The molecule has 0 saturated heterocycles. The number of carbonyl (C=O) groups excluding carboxylic acids is 2. The van der Waals surface area contributed by atoms with Crippen LogP contribution in [0.15, 0.2) is 42.5 Å². The van der Waals surface area contributed by atoms with Gasteiger partial charge in [-0.2, -0.15) is 0 Å². The van der Waals surface area contributed by atoms with Crippen LogP contribution in [0.4, 0.5) is 0 Å². The van der Waals surface area contributed by atoms with E-state index in [2.05, 4.69) is 5.32 Å². The van der Waals surface area contributed by atoms with Gasteiger partial charge in [0.2, 0.25) is 5.91 Å². The Hall–Kier alpha value is -2.20. The third-order valence-corrected chi connectivity index (χ3v) is 3.81. The molecule has 0 aliphatic heterocycles. The van der Waals surface area contributed by atoms with E-state index in [1.54, 1.807) is 12.1 Å². The summed E-state index contributed by atoms with van der Waals surface area (Å²) < 4.78 is 0. The second kappa shape index (κ2) is 6.50. The number of hydrogen-bond donors (Lipinski definition) is 2. The number of nitrogens with two attached hydrogens (primary N) is 1. The molecule has 0 aromatic heterocycles. The van der Waals surface area contributed by atoms with Crippen molar-refractivity contribution in [2.24, 2.45) is 11.7 Å². The minimum Gasteiger partial charge on any atom is -0.320 e. The molecule has 4 heteroatoms. The first-order chi connectivity index (χ1) is 10.0. The molecule has 0 radical (unpaired) electrons. The van der Waals surface area contributed by atoms with Crippen molar-refractivity contribution >= 4 is 22.6 Å². The van der Waals surface area contributed by atoms with Gasteiger partial charge < -0.3 is 5.73 Å². The number of benzene rings is 2. The van der Waals surface area contributed by atoms with Crippen LogP contribution in [0.1, 0.15) is 30.6 Å². The Labute approximate surface area is 124 Å². The summed E-state index contributed by atoms with van der Waals surface area (Å²) in [5, 5.41) is 4.39. The fraction of sp³-hybridized carbons (Fsp3) is 0.294. The molecule has 0 aliphatic rings. The average molecular weight is 284 g/mol. The molecule has 2 atom stereocenters. The predicted molar refractivity (Wildman–Crippen MR) is 83.9 cm³/mol. The van der Waals surface area contributed by atoms with Crippen molar-refractivity contribution in [3.63, 3.8) is 0 Å². The lowest BCUT2D eigenvalue weighted by Crippen LogP contribution is -2.46. The van der Waals surface area contributed by atoms with E-state index in [1.165, 1.54) is 0 Å². The van der Waals surface area contributed by atoms with Crippen LogP contribution in [-0.2, 0) is 4.79 Å². The molecule has 2 amide bonds. The lowest BCUT2D eigenvalue weighted by Gasteiger charge is -2.17. The van der Waals surface area contributed by atoms with E-state index in [1.807, 2.05) is 44.2 Å². The van der Waals surface area contributed by atoms with Gasteiger partial charge in [-0.05, 0) is 28.8 Å². The smallest absolute Gasteiger partial charge is 0.257 e. The van der Waals surface area contributed by atoms with Gasteiger partial charge in [-0.1, -0.05) is 50.6 Å². The Balaban J connectivity index is 2.13. The van der Waals surface area contributed by atoms with Crippen LogP contribution in [0.5, 0.6) is 0 Å². The van der Waals surface area contributed by atoms with E-state index in [0.717, 1.165) is 17.2 Å². The zero-order valence-corrected chi connectivity index (χ0v) is 12.3. The fourth-order valence-electron chi connectivity index (χ4n) is 2.11. The summed E-state index contributed by atoms with van der Waals surface area (Å²) in [7, 11) is 0. The van der Waals surface area contributed by atoms with E-state index >= 15 is 0 Å². The molecule has 4 nitrogen and oxygen atoms in total. The number of hydrogen-bond acceptors (Lipinski definition) is 3. The van der Waals surface area contributed by atoms with E-state index in [0.29, 0.717) is 5.56 Å². The van der Waals surface area contributed by atoms with Crippen molar-refractivity contribution in [1.29, 1.82) is 0 Å². The summed E-state index contributed by atoms with van der Waals surface area (Å²) in [4.78, 5) is 24.1. The number of amides is 2. The summed E-state index contributed by atoms with van der Waals surface area (Å²) in [5.41, 5.74) is 6.28. The van der Waals surface area contributed by atoms with Crippen molar-refractivity contribution in [2.45, 2.75) is 26.3 Å². The van der Waals surface area contributed by atoms with Crippen molar-refractivity contribution < 1.29 is 9.59 Å². The lowest BCUT2D eigenvalue weighted by atomic mass is 9.99. The van der Waals surface area contributed by atoms with Crippen LogP contribution in [0.3, 0.4) is 0 Å². The van der Waals surface area contributed by atoms with E-state index in [4.69, 9.17) is 5.73 Å². The van der Waals surface area contributed by atoms with Crippen LogP contribution >= 0.6 is 0 Å². The van der Waals surface area contributed by atoms with Gasteiger partial charge in [-0.15, -0.1) is 0 Å². The molecule has 2 aromatic rings. The summed E-state index contributed by atoms with van der Waals surface area (Å²) in [6.45, 7) is 3.85. The second-order valence-corrected chi connectivity index (χ2v) is 5.29. The molecule has 0 aliphatic carbocycles. The normalized spacial score (nSPS) is 13.7. The summed E-state index contributed by atoms with van der Waals surface area (Å²) >= 11 is 0. The third-order valence-electron chi connectivity index (χ3n) is 3.81. The Morgan fingerprint density at radius 1 is 1.14 bits per heavy atom. The SMILES string of the molecule is CC[C@H](C)[C@H](N)C(=O)NC(=O)c1ccc2ccccc2c1. The summed E-state index contributed by atoms with van der Waals surface area (Å²) in [6.07, 6.45) is 0.790. The van der Waals surface area contributed by atoms with E-state index in [-0.39, 0.29) is 5.92 Å². The quantitative estimate of drug-likeness (QED) is 0.906. The zero-order valence-electron chi connectivity index (χ0n) is 12.3. The van der Waals surface area contributed by atoms with Gasteiger partial charge in [-0.3, -0.25) is 14.9 Å². The van der Waals surface area contributed by atoms with Gasteiger partial charge in [0.1, 0.15) is 0 Å². The van der Waals surface area contributed by atoms with Crippen molar-refractivity contribution in [3.05, 3.63) is 48.0 Å². The summed E-state index contributed by atoms with van der Waals surface area (Å²) in [5.74, 6) is -0.804. The van der Waals surface area contributed by atoms with Crippen LogP contribution in [0.25, 0.3) is 10.8 Å². The minimum atomic E-state index is -0.667. The lowest BCUT2D eigenvalue weighted by molar-refractivity contribution is -0.122. The summed E-state index contributed by atoms with van der Waals surface area (Å²) in [6, 6.07) is 12.4. The Morgan fingerprint density at radius 3 is 2.48 bits per heavy atom. The van der Waals surface area contributed by atoms with Crippen LogP contribution in [0, 0.1) is 5.92 Å². The van der Waals surface area contributed by atoms with Crippen molar-refractivity contribution in [1.82, 2.24) is 5.32 Å². The molecule has 0 unspecified atom stereocenters. The highest BCUT2D eigenvalue weighted by molar-refractivity contribution is 6.07. The number of carbonyl (C=O) groups is 2. The number of rotatable bonds is 4. The molecule has 0 spiro atoms. The van der Waals surface area contributed by atoms with Gasteiger partial charge in [0, 0.05) is 5.56 Å². The number of imide groups is 1. The molecular formula is C17H20N2O2. The van der Waals surface area contributed by atoms with Gasteiger partial charge in [0.15, 0.2) is 0 Å². The van der Waals surface area contributed by atoms with Crippen molar-refractivity contribution in [3.8, 4) is 0 Å². The van der Waals surface area contributed by atoms with Gasteiger partial charge in [0.25, 0.3) is 5.91 Å². The monoisotopic (exact) mass is 284 g/mol. The van der Waals surface area contributed by atoms with Gasteiger partial charge in [0.05, 0.1) is 6.04 Å². The maximum absolute atomic E-state index is 12.1. The first-order valence-electron chi connectivity index (χ1n) is 7.12. The largest absolute Gasteiger partial charge is 0.320 e. The standard InChI is InChI=1S/C17H20N2O2/c1-3-11(2)15(18)17(21)19-16(20)14-9-8-12-6-4-5-7-13(12)10-14/h4-11,15H,3,18H2,1-2H3,(H,19,20,21)/t11-,15-/m0/s1. The Morgan fingerprint density at radius 2 is 1.81 bits per heavy atom. The van der Waals surface area contributed by atoms with Crippen molar-refractivity contribution in [2.75, 3.05) is 0 Å². The zero-order chi connectivity index (χ0) is 15.4. The predicted octanol–water partition coefficient (Wildman–Crippen LogP) is 2.47. The molecule has 3 N–H and O–H groups in total. The molecule has 110 valence electrons. The topological polar surface area (TPSA) is 72.2 Å². The molecule has 0 bridgehead atoms. The molecule has 0 heterocycles. The van der Waals surface area contributed by atoms with Crippen LogP contribution < -0.4 is 11.1 Å².